The first-order chi connectivity index (χ1) is 24.6. The van der Waals surface area contributed by atoms with Crippen molar-refractivity contribution in [2.45, 2.75) is 76.0 Å². The van der Waals surface area contributed by atoms with Gasteiger partial charge in [0.2, 0.25) is 11.8 Å². The summed E-state index contributed by atoms with van der Waals surface area (Å²) in [7, 11) is 1.67. The van der Waals surface area contributed by atoms with E-state index in [0.29, 0.717) is 41.5 Å². The fourth-order valence-corrected chi connectivity index (χ4v) is 8.41. The van der Waals surface area contributed by atoms with E-state index in [1.165, 1.54) is 15.4 Å². The molecule has 51 heavy (non-hydrogen) atoms. The van der Waals surface area contributed by atoms with Crippen LogP contribution in [0.5, 0.6) is 0 Å². The van der Waals surface area contributed by atoms with Crippen molar-refractivity contribution >= 4 is 45.3 Å². The van der Waals surface area contributed by atoms with Crippen LogP contribution in [0.3, 0.4) is 0 Å². The molecule has 1 aliphatic carbocycles. The van der Waals surface area contributed by atoms with E-state index in [-0.39, 0.29) is 48.0 Å². The summed E-state index contributed by atoms with van der Waals surface area (Å²) in [5.41, 5.74) is 3.46. The summed E-state index contributed by atoms with van der Waals surface area (Å²) in [5.74, 6) is -0.598. The highest BCUT2D eigenvalue weighted by molar-refractivity contribution is 6.03. The number of benzene rings is 2. The molecule has 0 spiro atoms. The summed E-state index contributed by atoms with van der Waals surface area (Å²) in [6, 6.07) is 10.7. The van der Waals surface area contributed by atoms with Crippen molar-refractivity contribution in [1.82, 2.24) is 34.1 Å². The second-order valence-electron chi connectivity index (χ2n) is 14.3. The molecule has 3 atom stereocenters. The number of imidazole rings is 1. The van der Waals surface area contributed by atoms with E-state index in [1.54, 1.807) is 20.0 Å². The van der Waals surface area contributed by atoms with Crippen molar-refractivity contribution in [2.24, 2.45) is 13.0 Å². The number of fused-ring (bicyclic) bond motifs is 2. The van der Waals surface area contributed by atoms with Crippen LogP contribution in [-0.2, 0) is 16.6 Å². The van der Waals surface area contributed by atoms with Crippen LogP contribution in [0.15, 0.2) is 58.1 Å². The fourth-order valence-electron chi connectivity index (χ4n) is 8.41. The van der Waals surface area contributed by atoms with Crippen molar-refractivity contribution in [1.29, 1.82) is 0 Å². The van der Waals surface area contributed by atoms with E-state index < -0.39 is 18.1 Å². The summed E-state index contributed by atoms with van der Waals surface area (Å²) in [6.45, 7) is 3.64. The van der Waals surface area contributed by atoms with Crippen LogP contribution < -0.4 is 16.3 Å². The number of nitrogens with zero attached hydrogens (tertiary/aromatic N) is 6. The molecule has 2 saturated heterocycles. The average Bonchev–Trinajstić information content (AvgIpc) is 3.81. The zero-order valence-corrected chi connectivity index (χ0v) is 28.7. The molecule has 1 unspecified atom stereocenters. The Kier molecular flexibility index (Phi) is 8.57. The van der Waals surface area contributed by atoms with E-state index in [4.69, 9.17) is 9.52 Å². The first-order valence-corrected chi connectivity index (χ1v) is 17.7. The first-order valence-electron chi connectivity index (χ1n) is 17.7. The quantitative estimate of drug-likeness (QED) is 0.231. The Hall–Kier alpha value is -5.11. The predicted molar refractivity (Wildman–Crippen MR) is 187 cm³/mol. The largest absolute Gasteiger partial charge is 0.448 e. The number of imide groups is 1. The molecule has 5 heterocycles. The number of amides is 3. The van der Waals surface area contributed by atoms with Crippen LogP contribution in [0, 0.1) is 12.8 Å². The van der Waals surface area contributed by atoms with Gasteiger partial charge >= 0.3 is 5.69 Å². The zero-order chi connectivity index (χ0) is 35.4. The summed E-state index contributed by atoms with van der Waals surface area (Å²) in [5, 5.41) is 11.0. The Morgan fingerprint density at radius 1 is 1.08 bits per heavy atom. The number of halogens is 1. The Balaban J connectivity index is 0.882. The molecule has 0 bridgehead atoms. The number of aromatic nitrogens is 5. The number of likely N-dealkylation sites (tertiary alicyclic amines) is 1. The van der Waals surface area contributed by atoms with Crippen LogP contribution in [0.2, 0.25) is 0 Å². The minimum atomic E-state index is -1.10. The number of oxazole rings is 1. The average molecular weight is 697 g/mol. The Morgan fingerprint density at radius 3 is 2.65 bits per heavy atom. The first kappa shape index (κ1) is 33.1. The lowest BCUT2D eigenvalue weighted by atomic mass is 9.83. The van der Waals surface area contributed by atoms with Gasteiger partial charge in [0.15, 0.2) is 11.6 Å². The molecule has 3 aromatic heterocycles. The van der Waals surface area contributed by atoms with Crippen molar-refractivity contribution < 1.29 is 23.2 Å². The summed E-state index contributed by atoms with van der Waals surface area (Å²) in [6.07, 6.45) is 7.39. The molecule has 5 aromatic rings. The Labute approximate surface area is 292 Å². The van der Waals surface area contributed by atoms with Gasteiger partial charge in [-0.1, -0.05) is 12.1 Å². The topological polar surface area (TPSA) is 149 Å². The number of hydrogen-bond donors (Lipinski definition) is 2. The van der Waals surface area contributed by atoms with E-state index >= 15 is 4.39 Å². The minimum Gasteiger partial charge on any atom is -0.448 e. The van der Waals surface area contributed by atoms with E-state index in [1.807, 2.05) is 36.5 Å². The molecular formula is C37H41FN8O5. The highest BCUT2D eigenvalue weighted by atomic mass is 19.1. The summed E-state index contributed by atoms with van der Waals surface area (Å²) >= 11 is 0. The number of alkyl halides is 1. The number of anilines is 1. The standard InChI is InChI=1S/C37H41FN8O5/c1-21-39-30(20-51-21)35(48)40-24-8-11-29-23(16-24)18-45(42-29)25-9-6-22(7-10-25)17-44-15-14-26(28(38)19-44)27-4-3-5-31-34(27)43(2)37(50)46(31)32-12-13-33(47)41-36(32)49/h3-5,8,11,16,18,20,22,25-26,28,32H,6-7,9-10,12-15,17,19H2,1-2H3,(H,40,48)(H,41,47,49)/t22?,25?,26-,28+,32?/m0/s1. The van der Waals surface area contributed by atoms with Gasteiger partial charge in [-0.15, -0.1) is 0 Å². The number of aryl methyl sites for hydroxylation is 2. The van der Waals surface area contributed by atoms with Crippen molar-refractivity contribution in [2.75, 3.05) is 25.0 Å². The van der Waals surface area contributed by atoms with Gasteiger partial charge < -0.3 is 14.6 Å². The fraction of sp³-hybridized carbons (Fsp3) is 0.459. The van der Waals surface area contributed by atoms with Gasteiger partial charge in [-0.2, -0.15) is 5.10 Å². The maximum atomic E-state index is 16.1. The van der Waals surface area contributed by atoms with Gasteiger partial charge in [0.05, 0.1) is 22.6 Å². The van der Waals surface area contributed by atoms with Gasteiger partial charge in [-0.05, 0) is 80.8 Å². The number of para-hydroxylation sites is 1. The normalized spacial score (nSPS) is 24.6. The molecule has 3 aliphatic rings. The molecule has 2 aliphatic heterocycles. The second kappa shape index (κ2) is 13.2. The van der Waals surface area contributed by atoms with Crippen molar-refractivity contribution in [3.63, 3.8) is 0 Å². The third kappa shape index (κ3) is 6.26. The molecule has 14 heteroatoms. The third-order valence-electron chi connectivity index (χ3n) is 11.0. The van der Waals surface area contributed by atoms with Crippen molar-refractivity contribution in [3.8, 4) is 0 Å². The monoisotopic (exact) mass is 696 g/mol. The number of nitrogens with one attached hydrogen (secondary N) is 2. The van der Waals surface area contributed by atoms with Crippen molar-refractivity contribution in [3.05, 3.63) is 76.5 Å². The number of piperidine rings is 2. The lowest BCUT2D eigenvalue weighted by molar-refractivity contribution is -0.135. The number of hydrogen-bond acceptors (Lipinski definition) is 8. The Morgan fingerprint density at radius 2 is 1.90 bits per heavy atom. The molecule has 0 radical (unpaired) electrons. The lowest BCUT2D eigenvalue weighted by Gasteiger charge is -2.38. The molecule has 2 N–H and O–H groups in total. The number of rotatable bonds is 7. The molecule has 8 rings (SSSR count). The molecule has 2 aromatic carbocycles. The third-order valence-corrected chi connectivity index (χ3v) is 11.0. The molecule has 1 saturated carbocycles. The predicted octanol–water partition coefficient (Wildman–Crippen LogP) is 4.78. The van der Waals surface area contributed by atoms with Crippen LogP contribution in [0.1, 0.15) is 84.9 Å². The number of carbonyl (C=O) groups is 3. The second-order valence-corrected chi connectivity index (χ2v) is 14.3. The summed E-state index contributed by atoms with van der Waals surface area (Å²) in [4.78, 5) is 56.6. The number of carbonyl (C=O) groups excluding carboxylic acids is 3. The molecule has 3 fully saturated rings. The van der Waals surface area contributed by atoms with Gasteiger partial charge in [0, 0.05) is 56.7 Å². The van der Waals surface area contributed by atoms with Gasteiger partial charge in [0.25, 0.3) is 5.91 Å². The SMILES string of the molecule is Cc1nc(C(=O)Nc2ccc3nn(C4CCC(CN5CC[C@@H](c6cccc7c6n(C)c(=O)n7C6CCC(=O)NC6=O)[C@H](F)C5)CC4)cc3c2)co1. The molecule has 266 valence electrons. The van der Waals surface area contributed by atoms with Gasteiger partial charge in [-0.25, -0.2) is 14.2 Å². The Bertz CT molecular complexity index is 2210. The smallest absolute Gasteiger partial charge is 0.329 e. The van der Waals surface area contributed by atoms with Crippen LogP contribution in [0.25, 0.3) is 21.9 Å². The maximum absolute atomic E-state index is 16.1. The summed E-state index contributed by atoms with van der Waals surface area (Å²) < 4.78 is 26.2. The van der Waals surface area contributed by atoms with E-state index in [2.05, 4.69) is 25.2 Å². The highest BCUT2D eigenvalue weighted by Gasteiger charge is 2.36. The van der Waals surface area contributed by atoms with Gasteiger partial charge in [-0.3, -0.25) is 33.5 Å². The van der Waals surface area contributed by atoms with E-state index in [0.717, 1.165) is 55.2 Å². The van der Waals surface area contributed by atoms with Crippen LogP contribution >= 0.6 is 0 Å². The van der Waals surface area contributed by atoms with Gasteiger partial charge in [0.1, 0.15) is 18.5 Å². The highest BCUT2D eigenvalue weighted by Crippen LogP contribution is 2.38. The minimum absolute atomic E-state index is 0.168. The van der Waals surface area contributed by atoms with E-state index in [9.17, 15) is 19.2 Å². The molecular weight excluding hydrogens is 655 g/mol. The molecule has 3 amide bonds. The maximum Gasteiger partial charge on any atom is 0.329 e. The van der Waals surface area contributed by atoms with Crippen LogP contribution in [0.4, 0.5) is 10.1 Å². The lowest BCUT2D eigenvalue weighted by Crippen LogP contribution is -2.44. The van der Waals surface area contributed by atoms with Crippen LogP contribution in [-0.4, -0.2) is 72.3 Å². The molecule has 13 nitrogen and oxygen atoms in total. The zero-order valence-electron chi connectivity index (χ0n) is 28.7.